The van der Waals surface area contributed by atoms with Crippen LogP contribution in [0.4, 0.5) is 18.9 Å². The molecular formula is C24H26F3N3. The van der Waals surface area contributed by atoms with Gasteiger partial charge in [-0.1, -0.05) is 24.3 Å². The SMILES string of the molecule is Cc1cc(NC(C)c2cccc(C(F)F)c2F)c2cc(C3CCNCC3)ccc2n1. The van der Waals surface area contributed by atoms with Crippen molar-refractivity contribution in [3.8, 4) is 0 Å². The quantitative estimate of drug-likeness (QED) is 0.518. The molecule has 1 aromatic heterocycles. The van der Waals surface area contributed by atoms with Gasteiger partial charge in [-0.15, -0.1) is 0 Å². The molecule has 158 valence electrons. The lowest BCUT2D eigenvalue weighted by Crippen LogP contribution is -2.26. The Kier molecular flexibility index (Phi) is 5.95. The molecule has 0 bridgehead atoms. The van der Waals surface area contributed by atoms with Gasteiger partial charge in [0.05, 0.1) is 17.1 Å². The fraction of sp³-hybridized carbons (Fsp3) is 0.375. The van der Waals surface area contributed by atoms with Crippen molar-refractivity contribution in [1.29, 1.82) is 0 Å². The van der Waals surface area contributed by atoms with Crippen LogP contribution in [0.25, 0.3) is 10.9 Å². The van der Waals surface area contributed by atoms with Crippen LogP contribution in [0.15, 0.2) is 42.5 Å². The summed E-state index contributed by atoms with van der Waals surface area (Å²) in [4.78, 5) is 4.63. The summed E-state index contributed by atoms with van der Waals surface area (Å²) in [5, 5.41) is 7.70. The number of hydrogen-bond acceptors (Lipinski definition) is 3. The van der Waals surface area contributed by atoms with Crippen molar-refractivity contribution in [2.45, 2.75) is 45.1 Å². The number of rotatable bonds is 5. The van der Waals surface area contributed by atoms with Crippen LogP contribution in [-0.4, -0.2) is 18.1 Å². The first-order valence-electron chi connectivity index (χ1n) is 10.4. The highest BCUT2D eigenvalue weighted by molar-refractivity contribution is 5.92. The number of halogens is 3. The van der Waals surface area contributed by atoms with E-state index in [4.69, 9.17) is 0 Å². The standard InChI is InChI=1S/C24H26F3N3/c1-14-12-22(30-15(2)18-4-3-5-19(23(18)25)24(26)27)20-13-17(6-7-21(20)29-14)16-8-10-28-11-9-16/h3-7,12-13,15-16,24,28H,8-11H2,1-2H3,(H,29,30). The lowest BCUT2D eigenvalue weighted by molar-refractivity contribution is 0.146. The number of hydrogen-bond donors (Lipinski definition) is 2. The molecule has 0 radical (unpaired) electrons. The number of anilines is 1. The van der Waals surface area contributed by atoms with Crippen molar-refractivity contribution in [3.05, 3.63) is 70.7 Å². The Balaban J connectivity index is 1.70. The summed E-state index contributed by atoms with van der Waals surface area (Å²) in [6.45, 7) is 5.72. The zero-order valence-corrected chi connectivity index (χ0v) is 17.2. The van der Waals surface area contributed by atoms with E-state index in [1.54, 1.807) is 13.0 Å². The van der Waals surface area contributed by atoms with Crippen LogP contribution in [0, 0.1) is 12.7 Å². The summed E-state index contributed by atoms with van der Waals surface area (Å²) in [5.74, 6) is -0.347. The van der Waals surface area contributed by atoms with E-state index in [9.17, 15) is 13.2 Å². The van der Waals surface area contributed by atoms with Crippen LogP contribution < -0.4 is 10.6 Å². The predicted molar refractivity (Wildman–Crippen MR) is 115 cm³/mol. The van der Waals surface area contributed by atoms with Crippen LogP contribution in [0.1, 0.15) is 60.5 Å². The first kappa shape index (κ1) is 20.7. The smallest absolute Gasteiger partial charge is 0.266 e. The minimum absolute atomic E-state index is 0.227. The number of alkyl halides is 2. The van der Waals surface area contributed by atoms with E-state index in [1.807, 2.05) is 19.1 Å². The Morgan fingerprint density at radius 2 is 1.80 bits per heavy atom. The number of piperidine rings is 1. The van der Waals surface area contributed by atoms with Gasteiger partial charge in [-0.25, -0.2) is 13.2 Å². The van der Waals surface area contributed by atoms with E-state index in [-0.39, 0.29) is 5.56 Å². The summed E-state index contributed by atoms with van der Waals surface area (Å²) < 4.78 is 40.9. The third-order valence-electron chi connectivity index (χ3n) is 5.90. The average Bonchev–Trinajstić information content (AvgIpc) is 2.74. The third-order valence-corrected chi connectivity index (χ3v) is 5.90. The number of pyridine rings is 1. The van der Waals surface area contributed by atoms with Gasteiger partial charge in [0.2, 0.25) is 0 Å². The molecule has 2 N–H and O–H groups in total. The van der Waals surface area contributed by atoms with Gasteiger partial charge >= 0.3 is 0 Å². The van der Waals surface area contributed by atoms with Gasteiger partial charge in [-0.3, -0.25) is 4.98 Å². The van der Waals surface area contributed by atoms with Crippen molar-refractivity contribution < 1.29 is 13.2 Å². The fourth-order valence-corrected chi connectivity index (χ4v) is 4.29. The monoisotopic (exact) mass is 413 g/mol. The molecule has 1 aliphatic heterocycles. The fourth-order valence-electron chi connectivity index (χ4n) is 4.29. The normalized spacial score (nSPS) is 16.2. The van der Waals surface area contributed by atoms with Crippen molar-refractivity contribution in [2.75, 3.05) is 18.4 Å². The molecule has 4 rings (SSSR count). The number of aryl methyl sites for hydroxylation is 1. The number of benzene rings is 2. The van der Waals surface area contributed by atoms with Gasteiger partial charge in [0, 0.05) is 22.3 Å². The Morgan fingerprint density at radius 1 is 1.07 bits per heavy atom. The summed E-state index contributed by atoms with van der Waals surface area (Å²) in [5.41, 5.74) is 3.48. The lowest BCUT2D eigenvalue weighted by atomic mass is 9.89. The number of fused-ring (bicyclic) bond motifs is 1. The molecule has 0 amide bonds. The molecule has 0 saturated carbocycles. The molecule has 1 fully saturated rings. The van der Waals surface area contributed by atoms with Crippen molar-refractivity contribution >= 4 is 16.6 Å². The van der Waals surface area contributed by atoms with Crippen LogP contribution >= 0.6 is 0 Å². The highest BCUT2D eigenvalue weighted by Gasteiger charge is 2.21. The minimum Gasteiger partial charge on any atom is -0.378 e. The molecule has 2 heterocycles. The number of nitrogens with one attached hydrogen (secondary N) is 2. The molecule has 0 aliphatic carbocycles. The molecule has 1 atom stereocenters. The molecule has 0 spiro atoms. The van der Waals surface area contributed by atoms with Gasteiger partial charge in [0.1, 0.15) is 5.82 Å². The highest BCUT2D eigenvalue weighted by atomic mass is 19.3. The van der Waals surface area contributed by atoms with Gasteiger partial charge in [0.25, 0.3) is 6.43 Å². The zero-order valence-electron chi connectivity index (χ0n) is 17.2. The molecule has 1 aliphatic rings. The summed E-state index contributed by atoms with van der Waals surface area (Å²) in [6, 6.07) is 12.0. The Morgan fingerprint density at radius 3 is 2.53 bits per heavy atom. The van der Waals surface area contributed by atoms with E-state index in [0.717, 1.165) is 54.3 Å². The molecule has 3 aromatic rings. The number of nitrogens with zero attached hydrogens (tertiary/aromatic N) is 1. The zero-order chi connectivity index (χ0) is 21.3. The second kappa shape index (κ2) is 8.64. The van der Waals surface area contributed by atoms with Crippen LogP contribution in [0.2, 0.25) is 0 Å². The first-order valence-corrected chi connectivity index (χ1v) is 10.4. The minimum atomic E-state index is -2.84. The molecular weight excluding hydrogens is 387 g/mol. The topological polar surface area (TPSA) is 37.0 Å². The van der Waals surface area contributed by atoms with E-state index in [2.05, 4.69) is 27.8 Å². The maximum absolute atomic E-state index is 14.6. The Hall–Kier alpha value is -2.60. The lowest BCUT2D eigenvalue weighted by Gasteiger charge is -2.24. The van der Waals surface area contributed by atoms with Crippen molar-refractivity contribution in [1.82, 2.24) is 10.3 Å². The Bertz CT molecular complexity index is 1050. The van der Waals surface area contributed by atoms with Gasteiger partial charge < -0.3 is 10.6 Å². The largest absolute Gasteiger partial charge is 0.378 e. The van der Waals surface area contributed by atoms with Gasteiger partial charge in [0.15, 0.2) is 0 Å². The second-order valence-corrected chi connectivity index (χ2v) is 8.03. The predicted octanol–water partition coefficient (Wildman–Crippen LogP) is 6.26. The van der Waals surface area contributed by atoms with Gasteiger partial charge in [-0.2, -0.15) is 0 Å². The maximum Gasteiger partial charge on any atom is 0.266 e. The summed E-state index contributed by atoms with van der Waals surface area (Å²) >= 11 is 0. The summed E-state index contributed by atoms with van der Waals surface area (Å²) in [7, 11) is 0. The number of aromatic nitrogens is 1. The third kappa shape index (κ3) is 4.15. The molecule has 1 saturated heterocycles. The molecule has 2 aromatic carbocycles. The van der Waals surface area contributed by atoms with Gasteiger partial charge in [-0.05, 0) is 69.5 Å². The van der Waals surface area contributed by atoms with E-state index >= 15 is 0 Å². The molecule has 6 heteroatoms. The van der Waals surface area contributed by atoms with Crippen molar-refractivity contribution in [2.24, 2.45) is 0 Å². The molecule has 3 nitrogen and oxygen atoms in total. The molecule has 30 heavy (non-hydrogen) atoms. The highest BCUT2D eigenvalue weighted by Crippen LogP contribution is 2.34. The Labute approximate surface area is 174 Å². The maximum atomic E-state index is 14.6. The van der Waals surface area contributed by atoms with Crippen molar-refractivity contribution in [3.63, 3.8) is 0 Å². The van der Waals surface area contributed by atoms with E-state index in [0.29, 0.717) is 5.92 Å². The summed E-state index contributed by atoms with van der Waals surface area (Å²) in [6.07, 6.45) is -0.653. The molecule has 1 unspecified atom stereocenters. The van der Waals surface area contributed by atoms with Crippen LogP contribution in [-0.2, 0) is 0 Å². The van der Waals surface area contributed by atoms with Crippen LogP contribution in [0.3, 0.4) is 0 Å². The van der Waals surface area contributed by atoms with E-state index < -0.39 is 23.8 Å². The van der Waals surface area contributed by atoms with Crippen LogP contribution in [0.5, 0.6) is 0 Å². The average molecular weight is 413 g/mol. The van der Waals surface area contributed by atoms with E-state index in [1.165, 1.54) is 11.6 Å². The first-order chi connectivity index (χ1) is 14.4. The second-order valence-electron chi connectivity index (χ2n) is 8.03.